The molecular formula is C16H25N. The first kappa shape index (κ1) is 12.6. The highest BCUT2D eigenvalue weighted by molar-refractivity contribution is 5.32. The van der Waals surface area contributed by atoms with Gasteiger partial charge in [-0.2, -0.15) is 0 Å². The lowest BCUT2D eigenvalue weighted by Crippen LogP contribution is -2.18. The Kier molecular flexibility index (Phi) is 4.61. The van der Waals surface area contributed by atoms with Gasteiger partial charge in [-0.05, 0) is 55.6 Å². The van der Waals surface area contributed by atoms with Crippen LogP contribution in [0.4, 0.5) is 0 Å². The Morgan fingerprint density at radius 3 is 3.00 bits per heavy atom. The highest BCUT2D eigenvalue weighted by atomic mass is 14.6. The molecule has 0 aliphatic heterocycles. The Labute approximate surface area is 105 Å². The van der Waals surface area contributed by atoms with Crippen LogP contribution in [-0.4, -0.2) is 6.04 Å². The van der Waals surface area contributed by atoms with Crippen molar-refractivity contribution in [1.29, 1.82) is 0 Å². The van der Waals surface area contributed by atoms with Crippen LogP contribution in [0.15, 0.2) is 24.3 Å². The van der Waals surface area contributed by atoms with E-state index in [1.54, 1.807) is 11.1 Å². The van der Waals surface area contributed by atoms with Gasteiger partial charge in [-0.25, -0.2) is 0 Å². The smallest absolute Gasteiger partial charge is 0.00362 e. The van der Waals surface area contributed by atoms with Crippen molar-refractivity contribution in [3.05, 3.63) is 35.4 Å². The molecule has 94 valence electrons. The molecule has 1 nitrogen and oxygen atoms in total. The van der Waals surface area contributed by atoms with Gasteiger partial charge in [-0.1, -0.05) is 37.6 Å². The van der Waals surface area contributed by atoms with Crippen LogP contribution >= 0.6 is 0 Å². The molecular weight excluding hydrogens is 206 g/mol. The molecule has 0 saturated carbocycles. The molecule has 1 aromatic rings. The van der Waals surface area contributed by atoms with Crippen LogP contribution < -0.4 is 5.73 Å². The molecule has 0 aromatic heterocycles. The molecule has 2 unspecified atom stereocenters. The van der Waals surface area contributed by atoms with Gasteiger partial charge in [0.25, 0.3) is 0 Å². The Balaban J connectivity index is 1.90. The van der Waals surface area contributed by atoms with Gasteiger partial charge in [-0.15, -0.1) is 0 Å². The molecule has 0 fully saturated rings. The number of aryl methyl sites for hydroxylation is 1. The SMILES string of the molecule is CCC(N)CCCC1CCCc2ccccc21. The zero-order valence-corrected chi connectivity index (χ0v) is 11.0. The van der Waals surface area contributed by atoms with Gasteiger partial charge in [0.05, 0.1) is 0 Å². The van der Waals surface area contributed by atoms with Crippen molar-refractivity contribution in [3.63, 3.8) is 0 Å². The Morgan fingerprint density at radius 1 is 1.35 bits per heavy atom. The third kappa shape index (κ3) is 3.32. The summed E-state index contributed by atoms with van der Waals surface area (Å²) < 4.78 is 0. The summed E-state index contributed by atoms with van der Waals surface area (Å²) in [7, 11) is 0. The lowest BCUT2D eigenvalue weighted by molar-refractivity contribution is 0.470. The van der Waals surface area contributed by atoms with E-state index in [0.29, 0.717) is 6.04 Å². The van der Waals surface area contributed by atoms with E-state index in [4.69, 9.17) is 5.73 Å². The maximum absolute atomic E-state index is 5.98. The fourth-order valence-electron chi connectivity index (χ4n) is 2.98. The predicted octanol–water partition coefficient (Wildman–Crippen LogP) is 4.01. The molecule has 0 spiro atoms. The second-order valence-electron chi connectivity index (χ2n) is 5.39. The molecule has 0 saturated heterocycles. The minimum atomic E-state index is 0.411. The van der Waals surface area contributed by atoms with E-state index in [2.05, 4.69) is 31.2 Å². The van der Waals surface area contributed by atoms with Crippen molar-refractivity contribution < 1.29 is 0 Å². The van der Waals surface area contributed by atoms with E-state index in [9.17, 15) is 0 Å². The number of rotatable bonds is 5. The van der Waals surface area contributed by atoms with Crippen molar-refractivity contribution in [2.75, 3.05) is 0 Å². The van der Waals surface area contributed by atoms with E-state index in [1.807, 2.05) is 0 Å². The Bertz CT molecular complexity index is 345. The van der Waals surface area contributed by atoms with E-state index in [0.717, 1.165) is 12.3 Å². The first-order valence-corrected chi connectivity index (χ1v) is 7.14. The molecule has 1 heteroatoms. The van der Waals surface area contributed by atoms with Gasteiger partial charge in [0.15, 0.2) is 0 Å². The molecule has 2 atom stereocenters. The summed E-state index contributed by atoms with van der Waals surface area (Å²) in [6.45, 7) is 2.18. The van der Waals surface area contributed by atoms with E-state index >= 15 is 0 Å². The lowest BCUT2D eigenvalue weighted by atomic mass is 9.80. The second-order valence-corrected chi connectivity index (χ2v) is 5.39. The molecule has 1 aliphatic rings. The van der Waals surface area contributed by atoms with Crippen molar-refractivity contribution in [1.82, 2.24) is 0 Å². The highest BCUT2D eigenvalue weighted by Gasteiger charge is 2.19. The summed E-state index contributed by atoms with van der Waals surface area (Å²) in [6, 6.07) is 9.41. The minimum Gasteiger partial charge on any atom is -0.328 e. The molecule has 0 radical (unpaired) electrons. The number of nitrogens with two attached hydrogens (primary N) is 1. The van der Waals surface area contributed by atoms with Crippen molar-refractivity contribution >= 4 is 0 Å². The van der Waals surface area contributed by atoms with Crippen molar-refractivity contribution in [2.45, 2.75) is 63.8 Å². The van der Waals surface area contributed by atoms with Crippen LogP contribution in [0.1, 0.15) is 62.5 Å². The summed E-state index contributed by atoms with van der Waals surface area (Å²) in [5, 5.41) is 0. The number of hydrogen-bond donors (Lipinski definition) is 1. The number of hydrogen-bond acceptors (Lipinski definition) is 1. The standard InChI is InChI=1S/C16H25N/c1-2-15(17)11-6-10-14-9-5-8-13-7-3-4-12-16(13)14/h3-4,7,12,14-15H,2,5-6,8-11,17H2,1H3. The van der Waals surface area contributed by atoms with Gasteiger partial charge in [0.1, 0.15) is 0 Å². The number of benzene rings is 1. The molecule has 17 heavy (non-hydrogen) atoms. The fraction of sp³-hybridized carbons (Fsp3) is 0.625. The van der Waals surface area contributed by atoms with Crippen LogP contribution in [0.2, 0.25) is 0 Å². The van der Waals surface area contributed by atoms with Crippen LogP contribution in [-0.2, 0) is 6.42 Å². The fourth-order valence-corrected chi connectivity index (χ4v) is 2.98. The average molecular weight is 231 g/mol. The van der Waals surface area contributed by atoms with Gasteiger partial charge in [0.2, 0.25) is 0 Å². The third-order valence-corrected chi connectivity index (χ3v) is 4.15. The highest BCUT2D eigenvalue weighted by Crippen LogP contribution is 2.34. The molecule has 1 aromatic carbocycles. The summed E-state index contributed by atoms with van der Waals surface area (Å²) >= 11 is 0. The predicted molar refractivity (Wildman–Crippen MR) is 74.2 cm³/mol. The van der Waals surface area contributed by atoms with Crippen LogP contribution in [0.3, 0.4) is 0 Å². The summed E-state index contributed by atoms with van der Waals surface area (Å²) in [4.78, 5) is 0. The lowest BCUT2D eigenvalue weighted by Gasteiger charge is -2.25. The van der Waals surface area contributed by atoms with E-state index < -0.39 is 0 Å². The Morgan fingerprint density at radius 2 is 2.18 bits per heavy atom. The topological polar surface area (TPSA) is 26.0 Å². The molecule has 0 bridgehead atoms. The second kappa shape index (κ2) is 6.20. The average Bonchev–Trinajstić information content (AvgIpc) is 2.39. The van der Waals surface area contributed by atoms with E-state index in [-0.39, 0.29) is 0 Å². The summed E-state index contributed by atoms with van der Waals surface area (Å²) in [5.41, 5.74) is 9.18. The number of fused-ring (bicyclic) bond motifs is 1. The zero-order valence-electron chi connectivity index (χ0n) is 11.0. The first-order chi connectivity index (χ1) is 8.31. The van der Waals surface area contributed by atoms with Crippen LogP contribution in [0, 0.1) is 0 Å². The molecule has 2 N–H and O–H groups in total. The largest absolute Gasteiger partial charge is 0.328 e. The molecule has 2 rings (SSSR count). The van der Waals surface area contributed by atoms with Gasteiger partial charge in [-0.3, -0.25) is 0 Å². The maximum atomic E-state index is 5.98. The van der Waals surface area contributed by atoms with Crippen LogP contribution in [0.25, 0.3) is 0 Å². The molecule has 0 amide bonds. The first-order valence-electron chi connectivity index (χ1n) is 7.14. The monoisotopic (exact) mass is 231 g/mol. The third-order valence-electron chi connectivity index (χ3n) is 4.15. The van der Waals surface area contributed by atoms with Gasteiger partial charge < -0.3 is 5.73 Å². The van der Waals surface area contributed by atoms with Crippen LogP contribution in [0.5, 0.6) is 0 Å². The van der Waals surface area contributed by atoms with Gasteiger partial charge in [0, 0.05) is 6.04 Å². The Hall–Kier alpha value is -0.820. The molecule has 1 aliphatic carbocycles. The normalized spacial score (nSPS) is 20.9. The maximum Gasteiger partial charge on any atom is 0.00362 e. The van der Waals surface area contributed by atoms with Crippen molar-refractivity contribution in [3.8, 4) is 0 Å². The minimum absolute atomic E-state index is 0.411. The van der Waals surface area contributed by atoms with Gasteiger partial charge >= 0.3 is 0 Å². The summed E-state index contributed by atoms with van der Waals surface area (Å²) in [5.74, 6) is 0.795. The van der Waals surface area contributed by atoms with Crippen molar-refractivity contribution in [2.24, 2.45) is 5.73 Å². The van der Waals surface area contributed by atoms with E-state index in [1.165, 1.54) is 38.5 Å². The molecule has 0 heterocycles. The summed E-state index contributed by atoms with van der Waals surface area (Å²) in [6.07, 6.45) is 8.93. The quantitative estimate of drug-likeness (QED) is 0.814. The zero-order chi connectivity index (χ0) is 12.1.